The van der Waals surface area contributed by atoms with E-state index in [1.165, 1.54) is 0 Å². The monoisotopic (exact) mass is 411 g/mol. The third kappa shape index (κ3) is 4.86. The summed E-state index contributed by atoms with van der Waals surface area (Å²) >= 11 is 0.822. The molecule has 0 spiro atoms. The molecule has 1 aliphatic heterocycles. The Kier molecular flexibility index (Phi) is 6.72. The van der Waals surface area contributed by atoms with Gasteiger partial charge in [-0.15, -0.1) is 0 Å². The third-order valence-electron chi connectivity index (χ3n) is 4.14. The summed E-state index contributed by atoms with van der Waals surface area (Å²) in [5.41, 5.74) is 1.17. The maximum absolute atomic E-state index is 12.7. The lowest BCUT2D eigenvalue weighted by Crippen LogP contribution is -2.33. The second-order valence-corrected chi connectivity index (χ2v) is 7.12. The first kappa shape index (κ1) is 20.7. The van der Waals surface area contributed by atoms with Gasteiger partial charge in [0.05, 0.1) is 24.7 Å². The molecule has 1 aliphatic rings. The number of thioether (sulfide) groups is 1. The van der Waals surface area contributed by atoms with Crippen LogP contribution < -0.4 is 9.47 Å². The largest absolute Gasteiger partial charge is 0.490 e. The van der Waals surface area contributed by atoms with Crippen molar-refractivity contribution in [3.05, 3.63) is 64.6 Å². The molecule has 2 aromatic rings. The molecule has 2 amide bonds. The first-order valence-corrected chi connectivity index (χ1v) is 10.1. The van der Waals surface area contributed by atoms with E-state index in [9.17, 15) is 14.4 Å². The molecule has 1 heterocycles. The minimum Gasteiger partial charge on any atom is -0.490 e. The topological polar surface area (TPSA) is 72.9 Å². The number of amides is 2. The van der Waals surface area contributed by atoms with Crippen molar-refractivity contribution >= 4 is 34.8 Å². The van der Waals surface area contributed by atoms with Gasteiger partial charge in [0.25, 0.3) is 11.1 Å². The van der Waals surface area contributed by atoms with Gasteiger partial charge in [0.15, 0.2) is 17.3 Å². The van der Waals surface area contributed by atoms with Crippen molar-refractivity contribution < 1.29 is 23.9 Å². The second kappa shape index (κ2) is 9.43. The SMILES string of the molecule is CCOc1ccc(/C=C2\SC(=O)N(CC(=O)c3ccccc3)C2=O)cc1OCC. The van der Waals surface area contributed by atoms with Crippen LogP contribution in [-0.2, 0) is 4.79 Å². The van der Waals surface area contributed by atoms with Gasteiger partial charge in [0.2, 0.25) is 0 Å². The van der Waals surface area contributed by atoms with E-state index in [1.807, 2.05) is 13.8 Å². The maximum atomic E-state index is 12.7. The molecule has 1 saturated heterocycles. The smallest absolute Gasteiger partial charge is 0.293 e. The van der Waals surface area contributed by atoms with Crippen molar-refractivity contribution in [2.24, 2.45) is 0 Å². The number of carbonyl (C=O) groups excluding carboxylic acids is 3. The Morgan fingerprint density at radius 2 is 1.69 bits per heavy atom. The molecule has 2 aromatic carbocycles. The lowest BCUT2D eigenvalue weighted by molar-refractivity contribution is -0.122. The van der Waals surface area contributed by atoms with Crippen LogP contribution in [0.4, 0.5) is 4.79 Å². The summed E-state index contributed by atoms with van der Waals surface area (Å²) in [5.74, 6) is 0.430. The third-order valence-corrected chi connectivity index (χ3v) is 5.04. The standard InChI is InChI=1S/C22H21NO5S/c1-3-27-18-11-10-15(12-19(18)28-4-2)13-20-21(25)23(22(26)29-20)14-17(24)16-8-6-5-7-9-16/h5-13H,3-4,14H2,1-2H3/b20-13-. The van der Waals surface area contributed by atoms with Crippen LogP contribution in [0.5, 0.6) is 11.5 Å². The van der Waals surface area contributed by atoms with E-state index >= 15 is 0 Å². The highest BCUT2D eigenvalue weighted by molar-refractivity contribution is 8.18. The van der Waals surface area contributed by atoms with Gasteiger partial charge in [-0.3, -0.25) is 19.3 Å². The van der Waals surface area contributed by atoms with Crippen LogP contribution in [0, 0.1) is 0 Å². The van der Waals surface area contributed by atoms with Crippen molar-refractivity contribution in [3.63, 3.8) is 0 Å². The molecular weight excluding hydrogens is 390 g/mol. The van der Waals surface area contributed by atoms with Crippen LogP contribution in [0.15, 0.2) is 53.4 Å². The van der Waals surface area contributed by atoms with Crippen LogP contribution in [0.2, 0.25) is 0 Å². The van der Waals surface area contributed by atoms with Gasteiger partial charge in [0.1, 0.15) is 0 Å². The van der Waals surface area contributed by atoms with Crippen LogP contribution in [0.3, 0.4) is 0 Å². The molecule has 0 atom stereocenters. The highest BCUT2D eigenvalue weighted by Gasteiger charge is 2.36. The Balaban J connectivity index is 1.79. The molecule has 150 valence electrons. The highest BCUT2D eigenvalue weighted by Crippen LogP contribution is 2.34. The zero-order valence-corrected chi connectivity index (χ0v) is 17.0. The molecule has 29 heavy (non-hydrogen) atoms. The summed E-state index contributed by atoms with van der Waals surface area (Å²) in [7, 11) is 0. The van der Waals surface area contributed by atoms with Gasteiger partial charge in [0, 0.05) is 5.56 Å². The minimum absolute atomic E-state index is 0.266. The van der Waals surface area contributed by atoms with Gasteiger partial charge in [-0.2, -0.15) is 0 Å². The van der Waals surface area contributed by atoms with Crippen LogP contribution >= 0.6 is 11.8 Å². The molecule has 0 aromatic heterocycles. The summed E-state index contributed by atoms with van der Waals surface area (Å²) < 4.78 is 11.1. The quantitative estimate of drug-likeness (QED) is 0.473. The number of hydrogen-bond donors (Lipinski definition) is 0. The fraction of sp³-hybridized carbons (Fsp3) is 0.227. The first-order valence-electron chi connectivity index (χ1n) is 9.26. The molecule has 0 N–H and O–H groups in total. The van der Waals surface area contributed by atoms with Crippen LogP contribution in [0.25, 0.3) is 6.08 Å². The summed E-state index contributed by atoms with van der Waals surface area (Å²) in [6, 6.07) is 13.9. The van der Waals surface area contributed by atoms with E-state index < -0.39 is 11.1 Å². The number of nitrogens with zero attached hydrogens (tertiary/aromatic N) is 1. The predicted octanol–water partition coefficient (Wildman–Crippen LogP) is 4.40. The molecule has 0 saturated carbocycles. The molecule has 0 bridgehead atoms. The molecule has 0 unspecified atom stereocenters. The van der Waals surface area contributed by atoms with Crippen molar-refractivity contribution in [1.29, 1.82) is 0 Å². The summed E-state index contributed by atoms with van der Waals surface area (Å²) in [6.45, 7) is 4.46. The average molecular weight is 411 g/mol. The molecule has 7 heteroatoms. The number of imide groups is 1. The Hall–Kier alpha value is -3.06. The van der Waals surface area contributed by atoms with E-state index in [1.54, 1.807) is 54.6 Å². The van der Waals surface area contributed by atoms with Crippen molar-refractivity contribution in [1.82, 2.24) is 4.90 Å². The predicted molar refractivity (Wildman–Crippen MR) is 112 cm³/mol. The Labute approximate surface area is 173 Å². The summed E-state index contributed by atoms with van der Waals surface area (Å²) in [6.07, 6.45) is 1.62. The Morgan fingerprint density at radius 1 is 1.00 bits per heavy atom. The Morgan fingerprint density at radius 3 is 2.38 bits per heavy atom. The number of hydrogen-bond acceptors (Lipinski definition) is 6. The lowest BCUT2D eigenvalue weighted by atomic mass is 10.1. The van der Waals surface area contributed by atoms with Gasteiger partial charge >= 0.3 is 0 Å². The fourth-order valence-electron chi connectivity index (χ4n) is 2.80. The number of benzene rings is 2. The molecule has 1 fully saturated rings. The molecule has 3 rings (SSSR count). The zero-order valence-electron chi connectivity index (χ0n) is 16.2. The van der Waals surface area contributed by atoms with Gasteiger partial charge in [-0.25, -0.2) is 0 Å². The van der Waals surface area contributed by atoms with E-state index in [4.69, 9.17) is 9.47 Å². The maximum Gasteiger partial charge on any atom is 0.293 e. The highest BCUT2D eigenvalue weighted by atomic mass is 32.2. The van der Waals surface area contributed by atoms with E-state index in [2.05, 4.69) is 0 Å². The van der Waals surface area contributed by atoms with Gasteiger partial charge in [-0.05, 0) is 49.4 Å². The van der Waals surface area contributed by atoms with Gasteiger partial charge < -0.3 is 9.47 Å². The van der Waals surface area contributed by atoms with Crippen molar-refractivity contribution in [2.75, 3.05) is 19.8 Å². The fourth-order valence-corrected chi connectivity index (χ4v) is 3.64. The number of carbonyl (C=O) groups is 3. The Bertz CT molecular complexity index is 955. The zero-order chi connectivity index (χ0) is 20.8. The van der Waals surface area contributed by atoms with Crippen LogP contribution in [-0.4, -0.2) is 41.6 Å². The number of ether oxygens (including phenoxy) is 2. The van der Waals surface area contributed by atoms with E-state index in [0.29, 0.717) is 35.8 Å². The van der Waals surface area contributed by atoms with Crippen molar-refractivity contribution in [3.8, 4) is 11.5 Å². The van der Waals surface area contributed by atoms with Crippen LogP contribution in [0.1, 0.15) is 29.8 Å². The van der Waals surface area contributed by atoms with E-state index in [0.717, 1.165) is 16.7 Å². The number of ketones is 1. The molecule has 0 radical (unpaired) electrons. The summed E-state index contributed by atoms with van der Waals surface area (Å²) in [4.78, 5) is 38.6. The minimum atomic E-state index is -0.476. The lowest BCUT2D eigenvalue weighted by Gasteiger charge is -2.12. The molecular formula is C22H21NO5S. The normalized spacial score (nSPS) is 15.1. The van der Waals surface area contributed by atoms with E-state index in [-0.39, 0.29) is 17.2 Å². The first-order chi connectivity index (χ1) is 14.0. The summed E-state index contributed by atoms with van der Waals surface area (Å²) in [5, 5.41) is -0.457. The average Bonchev–Trinajstić information content (AvgIpc) is 2.98. The van der Waals surface area contributed by atoms with Crippen molar-refractivity contribution in [2.45, 2.75) is 13.8 Å². The molecule has 6 nitrogen and oxygen atoms in total. The number of Topliss-reactive ketones (excluding diaryl/α,β-unsaturated/α-hetero) is 1. The molecule has 0 aliphatic carbocycles. The number of rotatable bonds is 8. The second-order valence-electron chi connectivity index (χ2n) is 6.13. The van der Waals surface area contributed by atoms with Gasteiger partial charge in [-0.1, -0.05) is 36.4 Å².